The van der Waals surface area contributed by atoms with Crippen molar-refractivity contribution in [2.75, 3.05) is 18.1 Å². The maximum atomic E-state index is 13.7. The van der Waals surface area contributed by atoms with Gasteiger partial charge in [-0.15, -0.1) is 0 Å². The summed E-state index contributed by atoms with van der Waals surface area (Å²) in [5, 5.41) is 8.92. The third kappa shape index (κ3) is 2.36. The largest absolute Gasteiger partial charge is 0.441 e. The standard InChI is InChI=1S/C13H13FNO3/c1-2-3-9-4-5-10(6-12(9)14)15-7-11(8-16)18-13(15)17/h2-6,11,16H,1,7-8H2/b3-2+/t11-/m1/s1. The summed E-state index contributed by atoms with van der Waals surface area (Å²) in [7, 11) is 0. The number of carbonyl (C=O) groups excluding carboxylic acids is 1. The summed E-state index contributed by atoms with van der Waals surface area (Å²) in [5.41, 5.74) is 0.815. The molecular formula is C13H13FNO3. The second kappa shape index (κ2) is 5.18. The van der Waals surface area contributed by atoms with Gasteiger partial charge in [0.2, 0.25) is 0 Å². The molecule has 4 nitrogen and oxygen atoms in total. The van der Waals surface area contributed by atoms with E-state index in [0.29, 0.717) is 11.3 Å². The summed E-state index contributed by atoms with van der Waals surface area (Å²) < 4.78 is 18.6. The van der Waals surface area contributed by atoms with Crippen molar-refractivity contribution < 1.29 is 19.0 Å². The number of ether oxygens (including phenoxy) is 1. The molecule has 0 spiro atoms. The first-order valence-electron chi connectivity index (χ1n) is 5.50. The van der Waals surface area contributed by atoms with E-state index < -0.39 is 18.0 Å². The number of hydrogen-bond donors (Lipinski definition) is 1. The first-order valence-corrected chi connectivity index (χ1v) is 5.50. The van der Waals surface area contributed by atoms with Crippen molar-refractivity contribution in [1.82, 2.24) is 0 Å². The fraction of sp³-hybridized carbons (Fsp3) is 0.231. The Morgan fingerprint density at radius 1 is 1.61 bits per heavy atom. The van der Waals surface area contributed by atoms with E-state index in [1.54, 1.807) is 12.1 Å². The number of carbonyl (C=O) groups is 1. The van der Waals surface area contributed by atoms with E-state index in [9.17, 15) is 9.18 Å². The van der Waals surface area contributed by atoms with E-state index in [1.807, 2.05) is 0 Å². The van der Waals surface area contributed by atoms with Crippen molar-refractivity contribution in [2.24, 2.45) is 0 Å². The van der Waals surface area contributed by atoms with Crippen molar-refractivity contribution in [2.45, 2.75) is 6.10 Å². The van der Waals surface area contributed by atoms with Crippen LogP contribution in [-0.4, -0.2) is 30.5 Å². The summed E-state index contributed by atoms with van der Waals surface area (Å²) >= 11 is 0. The number of allylic oxidation sites excluding steroid dienone is 1. The zero-order valence-corrected chi connectivity index (χ0v) is 9.67. The van der Waals surface area contributed by atoms with Gasteiger partial charge in [0, 0.05) is 5.56 Å². The van der Waals surface area contributed by atoms with Gasteiger partial charge in [-0.1, -0.05) is 12.2 Å². The fourth-order valence-electron chi connectivity index (χ4n) is 1.77. The third-order valence-corrected chi connectivity index (χ3v) is 2.67. The van der Waals surface area contributed by atoms with Crippen molar-refractivity contribution in [1.29, 1.82) is 0 Å². The quantitative estimate of drug-likeness (QED) is 0.892. The zero-order chi connectivity index (χ0) is 13.1. The van der Waals surface area contributed by atoms with E-state index in [1.165, 1.54) is 23.1 Å². The molecule has 1 saturated heterocycles. The molecule has 18 heavy (non-hydrogen) atoms. The number of aliphatic hydroxyl groups excluding tert-OH is 1. The van der Waals surface area contributed by atoms with E-state index in [0.717, 1.165) is 0 Å². The van der Waals surface area contributed by atoms with Crippen LogP contribution >= 0.6 is 0 Å². The molecule has 1 radical (unpaired) electrons. The molecule has 0 aromatic heterocycles. The van der Waals surface area contributed by atoms with Crippen LogP contribution in [0, 0.1) is 12.7 Å². The molecule has 1 N–H and O–H groups in total. The number of hydrogen-bond acceptors (Lipinski definition) is 3. The molecule has 1 aromatic rings. The van der Waals surface area contributed by atoms with Gasteiger partial charge in [-0.3, -0.25) is 4.90 Å². The van der Waals surface area contributed by atoms with Crippen LogP contribution in [-0.2, 0) is 4.74 Å². The first kappa shape index (κ1) is 12.6. The van der Waals surface area contributed by atoms with Gasteiger partial charge < -0.3 is 9.84 Å². The average Bonchev–Trinajstić information content (AvgIpc) is 2.73. The molecule has 5 heteroatoms. The van der Waals surface area contributed by atoms with Crippen LogP contribution in [0.5, 0.6) is 0 Å². The van der Waals surface area contributed by atoms with Crippen LogP contribution in [0.15, 0.2) is 24.3 Å². The minimum Gasteiger partial charge on any atom is -0.441 e. The number of rotatable bonds is 3. The summed E-state index contributed by atoms with van der Waals surface area (Å²) in [6, 6.07) is 4.45. The number of amides is 1. The highest BCUT2D eigenvalue weighted by atomic mass is 19.1. The molecule has 1 heterocycles. The number of anilines is 1. The highest BCUT2D eigenvalue weighted by Gasteiger charge is 2.31. The summed E-state index contributed by atoms with van der Waals surface area (Å²) in [6.07, 6.45) is 1.90. The van der Waals surface area contributed by atoms with Crippen molar-refractivity contribution in [3.63, 3.8) is 0 Å². The van der Waals surface area contributed by atoms with E-state index in [4.69, 9.17) is 9.84 Å². The van der Waals surface area contributed by atoms with Gasteiger partial charge in [0.1, 0.15) is 11.9 Å². The lowest BCUT2D eigenvalue weighted by Gasteiger charge is -2.13. The SMILES string of the molecule is [CH2]/C=C/c1ccc(N2C[C@H](CO)OC2=O)cc1F. The topological polar surface area (TPSA) is 49.8 Å². The van der Waals surface area contributed by atoms with Crippen LogP contribution in [0.2, 0.25) is 0 Å². The van der Waals surface area contributed by atoms with Crippen LogP contribution in [0.25, 0.3) is 6.08 Å². The molecule has 95 valence electrons. The Labute approximate surface area is 104 Å². The molecule has 1 amide bonds. The number of benzene rings is 1. The molecule has 0 unspecified atom stereocenters. The number of aliphatic hydroxyl groups is 1. The summed E-state index contributed by atoms with van der Waals surface area (Å²) in [5.74, 6) is -0.437. The molecule has 1 aliphatic heterocycles. The molecule has 0 bridgehead atoms. The monoisotopic (exact) mass is 250 g/mol. The van der Waals surface area contributed by atoms with Crippen molar-refractivity contribution in [3.8, 4) is 0 Å². The lowest BCUT2D eigenvalue weighted by Crippen LogP contribution is -2.25. The predicted octanol–water partition coefficient (Wildman–Crippen LogP) is 1.99. The van der Waals surface area contributed by atoms with Gasteiger partial charge in [0.05, 0.1) is 18.8 Å². The highest BCUT2D eigenvalue weighted by molar-refractivity contribution is 5.89. The maximum absolute atomic E-state index is 13.7. The summed E-state index contributed by atoms with van der Waals surface area (Å²) in [6.45, 7) is 3.47. The van der Waals surface area contributed by atoms with E-state index >= 15 is 0 Å². The van der Waals surface area contributed by atoms with Crippen LogP contribution < -0.4 is 4.90 Å². The second-order valence-corrected chi connectivity index (χ2v) is 3.91. The van der Waals surface area contributed by atoms with Crippen LogP contribution in [0.4, 0.5) is 14.9 Å². The first-order chi connectivity index (χ1) is 8.65. The molecule has 1 fully saturated rings. The lowest BCUT2D eigenvalue weighted by molar-refractivity contribution is 0.0963. The third-order valence-electron chi connectivity index (χ3n) is 2.67. The Bertz CT molecular complexity index is 487. The Kier molecular flexibility index (Phi) is 3.62. The number of cyclic esters (lactones) is 1. The normalized spacial score (nSPS) is 19.6. The van der Waals surface area contributed by atoms with Crippen LogP contribution in [0.3, 0.4) is 0 Å². The Balaban J connectivity index is 2.24. The number of nitrogens with zero attached hydrogens (tertiary/aromatic N) is 1. The molecule has 1 aromatic carbocycles. The Hall–Kier alpha value is -1.88. The average molecular weight is 250 g/mol. The highest BCUT2D eigenvalue weighted by Crippen LogP contribution is 2.24. The van der Waals surface area contributed by atoms with Crippen molar-refractivity contribution in [3.05, 3.63) is 42.6 Å². The molecule has 0 aliphatic carbocycles. The maximum Gasteiger partial charge on any atom is 0.414 e. The van der Waals surface area contributed by atoms with Gasteiger partial charge in [-0.2, -0.15) is 0 Å². The molecule has 1 atom stereocenters. The molecular weight excluding hydrogens is 237 g/mol. The fourth-order valence-corrected chi connectivity index (χ4v) is 1.77. The molecule has 1 aliphatic rings. The lowest BCUT2D eigenvalue weighted by atomic mass is 10.1. The smallest absolute Gasteiger partial charge is 0.414 e. The van der Waals surface area contributed by atoms with E-state index in [2.05, 4.69) is 6.92 Å². The van der Waals surface area contributed by atoms with Gasteiger partial charge in [0.25, 0.3) is 0 Å². The predicted molar refractivity (Wildman–Crippen MR) is 65.5 cm³/mol. The summed E-state index contributed by atoms with van der Waals surface area (Å²) in [4.78, 5) is 12.8. The molecule has 0 saturated carbocycles. The Morgan fingerprint density at radius 2 is 2.39 bits per heavy atom. The van der Waals surface area contributed by atoms with Crippen LogP contribution in [0.1, 0.15) is 5.56 Å². The molecule has 2 rings (SSSR count). The number of halogens is 1. The minimum atomic E-state index is -0.575. The van der Waals surface area contributed by atoms with Gasteiger partial charge in [0.15, 0.2) is 0 Å². The van der Waals surface area contributed by atoms with Gasteiger partial charge in [-0.25, -0.2) is 9.18 Å². The Morgan fingerprint density at radius 3 is 2.94 bits per heavy atom. The van der Waals surface area contributed by atoms with Crippen molar-refractivity contribution >= 4 is 17.9 Å². The zero-order valence-electron chi connectivity index (χ0n) is 9.67. The second-order valence-electron chi connectivity index (χ2n) is 3.91. The van der Waals surface area contributed by atoms with E-state index in [-0.39, 0.29) is 13.2 Å². The van der Waals surface area contributed by atoms with Gasteiger partial charge in [-0.05, 0) is 25.1 Å². The van der Waals surface area contributed by atoms with Gasteiger partial charge >= 0.3 is 6.09 Å². The minimum absolute atomic E-state index is 0.222.